The number of hydrogen-bond donors (Lipinski definition) is 1. The Morgan fingerprint density at radius 1 is 1.25 bits per heavy atom. The molecule has 1 heterocycles. The summed E-state index contributed by atoms with van der Waals surface area (Å²) in [7, 11) is 3.88. The van der Waals surface area contributed by atoms with E-state index in [-0.39, 0.29) is 5.91 Å². The molecule has 0 saturated heterocycles. The lowest BCUT2D eigenvalue weighted by Crippen LogP contribution is -2.14. The number of benzene rings is 1. The van der Waals surface area contributed by atoms with Gasteiger partial charge in [0, 0.05) is 31.7 Å². The molecule has 0 unspecified atom stereocenters. The molecule has 1 amide bonds. The second-order valence-electron chi connectivity index (χ2n) is 4.72. The Labute approximate surface area is 117 Å². The van der Waals surface area contributed by atoms with E-state index in [0.717, 1.165) is 17.3 Å². The Bertz CT molecular complexity index is 624. The standard InChI is InChI=1S/C15H16FN3O/c1-10-4-6-12(8-13(10)19(2)3)18-15(20)11-5-7-14(16)17-9-11/h4-9H,1-3H3,(H,18,20). The fourth-order valence-corrected chi connectivity index (χ4v) is 1.88. The van der Waals surface area contributed by atoms with Gasteiger partial charge < -0.3 is 10.2 Å². The van der Waals surface area contributed by atoms with Crippen molar-refractivity contribution in [1.82, 2.24) is 4.98 Å². The molecule has 0 aliphatic rings. The number of nitrogens with zero attached hydrogens (tertiary/aromatic N) is 2. The summed E-state index contributed by atoms with van der Waals surface area (Å²) in [6, 6.07) is 8.23. The van der Waals surface area contributed by atoms with E-state index >= 15 is 0 Å². The molecule has 2 aromatic rings. The molecule has 4 nitrogen and oxygen atoms in total. The van der Waals surface area contributed by atoms with Gasteiger partial charge in [-0.05, 0) is 36.8 Å². The van der Waals surface area contributed by atoms with Crippen LogP contribution in [0.4, 0.5) is 15.8 Å². The van der Waals surface area contributed by atoms with Crippen LogP contribution in [0.25, 0.3) is 0 Å². The number of pyridine rings is 1. The summed E-state index contributed by atoms with van der Waals surface area (Å²) >= 11 is 0. The number of nitrogens with one attached hydrogen (secondary N) is 1. The molecule has 0 spiro atoms. The van der Waals surface area contributed by atoms with E-state index in [2.05, 4.69) is 10.3 Å². The van der Waals surface area contributed by atoms with Gasteiger partial charge >= 0.3 is 0 Å². The number of carbonyl (C=O) groups excluding carboxylic acids is 1. The zero-order valence-corrected chi connectivity index (χ0v) is 11.6. The minimum absolute atomic E-state index is 0.314. The van der Waals surface area contributed by atoms with Crippen molar-refractivity contribution in [3.63, 3.8) is 0 Å². The summed E-state index contributed by atoms with van der Waals surface area (Å²) < 4.78 is 12.7. The van der Waals surface area contributed by atoms with E-state index in [1.165, 1.54) is 12.3 Å². The van der Waals surface area contributed by atoms with Crippen LogP contribution >= 0.6 is 0 Å². The van der Waals surface area contributed by atoms with E-state index in [0.29, 0.717) is 11.3 Å². The molecule has 0 bridgehead atoms. The van der Waals surface area contributed by atoms with Gasteiger partial charge in [-0.15, -0.1) is 0 Å². The fourth-order valence-electron chi connectivity index (χ4n) is 1.88. The minimum Gasteiger partial charge on any atom is -0.377 e. The van der Waals surface area contributed by atoms with Crippen molar-refractivity contribution in [1.29, 1.82) is 0 Å². The SMILES string of the molecule is Cc1ccc(NC(=O)c2ccc(F)nc2)cc1N(C)C. The summed E-state index contributed by atoms with van der Waals surface area (Å²) in [5.74, 6) is -0.919. The monoisotopic (exact) mass is 273 g/mol. The van der Waals surface area contributed by atoms with Crippen molar-refractivity contribution >= 4 is 17.3 Å². The topological polar surface area (TPSA) is 45.2 Å². The van der Waals surface area contributed by atoms with E-state index in [4.69, 9.17) is 0 Å². The molecule has 0 fully saturated rings. The molecule has 5 heteroatoms. The number of hydrogen-bond acceptors (Lipinski definition) is 3. The van der Waals surface area contributed by atoms with Gasteiger partial charge in [-0.25, -0.2) is 4.98 Å². The molecule has 1 aromatic heterocycles. The zero-order chi connectivity index (χ0) is 14.7. The van der Waals surface area contributed by atoms with Gasteiger partial charge in [-0.2, -0.15) is 4.39 Å². The van der Waals surface area contributed by atoms with Gasteiger partial charge in [-0.3, -0.25) is 4.79 Å². The van der Waals surface area contributed by atoms with Crippen molar-refractivity contribution < 1.29 is 9.18 Å². The normalized spacial score (nSPS) is 10.2. The van der Waals surface area contributed by atoms with Gasteiger partial charge in [0.2, 0.25) is 5.95 Å². The van der Waals surface area contributed by atoms with Crippen molar-refractivity contribution in [3.8, 4) is 0 Å². The van der Waals surface area contributed by atoms with Crippen LogP contribution < -0.4 is 10.2 Å². The Kier molecular flexibility index (Phi) is 3.98. The van der Waals surface area contributed by atoms with Crippen molar-refractivity contribution in [3.05, 3.63) is 53.6 Å². The summed E-state index contributed by atoms with van der Waals surface area (Å²) in [4.78, 5) is 17.4. The maximum Gasteiger partial charge on any atom is 0.257 e. The van der Waals surface area contributed by atoms with Crippen LogP contribution in [0.15, 0.2) is 36.5 Å². The quantitative estimate of drug-likeness (QED) is 0.875. The van der Waals surface area contributed by atoms with Crippen LogP contribution in [0, 0.1) is 12.9 Å². The average Bonchev–Trinajstić information content (AvgIpc) is 2.41. The number of rotatable bonds is 3. The molecule has 1 N–H and O–H groups in total. The molecule has 0 radical (unpaired) electrons. The summed E-state index contributed by atoms with van der Waals surface area (Å²) in [5, 5.41) is 2.77. The van der Waals surface area contributed by atoms with Crippen LogP contribution in [-0.4, -0.2) is 25.0 Å². The predicted molar refractivity (Wildman–Crippen MR) is 77.7 cm³/mol. The smallest absolute Gasteiger partial charge is 0.257 e. The Morgan fingerprint density at radius 2 is 2.00 bits per heavy atom. The van der Waals surface area contributed by atoms with Gasteiger partial charge in [-0.1, -0.05) is 6.07 Å². The molecule has 0 atom stereocenters. The predicted octanol–water partition coefficient (Wildman–Crippen LogP) is 2.85. The van der Waals surface area contributed by atoms with Crippen LogP contribution in [0.3, 0.4) is 0 Å². The summed E-state index contributed by atoms with van der Waals surface area (Å²) in [6.07, 6.45) is 1.21. The Balaban J connectivity index is 2.19. The Hall–Kier alpha value is -2.43. The molecule has 1 aromatic carbocycles. The molecule has 0 aliphatic carbocycles. The average molecular weight is 273 g/mol. The molecular weight excluding hydrogens is 257 g/mol. The maximum atomic E-state index is 12.7. The Morgan fingerprint density at radius 3 is 2.60 bits per heavy atom. The van der Waals surface area contributed by atoms with E-state index < -0.39 is 5.95 Å². The fraction of sp³-hybridized carbons (Fsp3) is 0.200. The first-order valence-corrected chi connectivity index (χ1v) is 6.18. The first-order chi connectivity index (χ1) is 9.47. The van der Waals surface area contributed by atoms with Crippen molar-refractivity contribution in [2.45, 2.75) is 6.92 Å². The molecule has 104 valence electrons. The van der Waals surface area contributed by atoms with Gasteiger partial charge in [0.25, 0.3) is 5.91 Å². The lowest BCUT2D eigenvalue weighted by molar-refractivity contribution is 0.102. The highest BCUT2D eigenvalue weighted by atomic mass is 19.1. The molecule has 20 heavy (non-hydrogen) atoms. The number of anilines is 2. The highest BCUT2D eigenvalue weighted by Crippen LogP contribution is 2.22. The largest absolute Gasteiger partial charge is 0.377 e. The first-order valence-electron chi connectivity index (χ1n) is 6.18. The van der Waals surface area contributed by atoms with Gasteiger partial charge in [0.05, 0.1) is 5.56 Å². The molecule has 2 rings (SSSR count). The first kappa shape index (κ1) is 14.0. The van der Waals surface area contributed by atoms with Crippen LogP contribution in [0.2, 0.25) is 0 Å². The molecular formula is C15H16FN3O. The van der Waals surface area contributed by atoms with Gasteiger partial charge in [0.1, 0.15) is 0 Å². The van der Waals surface area contributed by atoms with E-state index in [1.54, 1.807) is 0 Å². The second kappa shape index (κ2) is 5.69. The van der Waals surface area contributed by atoms with E-state index in [1.807, 2.05) is 44.1 Å². The minimum atomic E-state index is -0.605. The summed E-state index contributed by atoms with van der Waals surface area (Å²) in [5.41, 5.74) is 3.16. The lowest BCUT2D eigenvalue weighted by Gasteiger charge is -2.17. The number of carbonyl (C=O) groups is 1. The second-order valence-corrected chi connectivity index (χ2v) is 4.72. The third kappa shape index (κ3) is 3.12. The van der Waals surface area contributed by atoms with Gasteiger partial charge in [0.15, 0.2) is 0 Å². The highest BCUT2D eigenvalue weighted by molar-refractivity contribution is 6.04. The number of aromatic nitrogens is 1. The number of aryl methyl sites for hydroxylation is 1. The summed E-state index contributed by atoms with van der Waals surface area (Å²) in [6.45, 7) is 2.00. The third-order valence-corrected chi connectivity index (χ3v) is 2.94. The van der Waals surface area contributed by atoms with Crippen molar-refractivity contribution in [2.75, 3.05) is 24.3 Å². The maximum absolute atomic E-state index is 12.7. The highest BCUT2D eigenvalue weighted by Gasteiger charge is 2.08. The molecule has 0 aliphatic heterocycles. The van der Waals surface area contributed by atoms with Crippen LogP contribution in [0.1, 0.15) is 15.9 Å². The van der Waals surface area contributed by atoms with Crippen LogP contribution in [0.5, 0.6) is 0 Å². The lowest BCUT2D eigenvalue weighted by atomic mass is 10.1. The zero-order valence-electron chi connectivity index (χ0n) is 11.6. The number of halogens is 1. The van der Waals surface area contributed by atoms with Crippen LogP contribution in [-0.2, 0) is 0 Å². The van der Waals surface area contributed by atoms with Crippen molar-refractivity contribution in [2.24, 2.45) is 0 Å². The molecule has 0 saturated carbocycles. The number of amides is 1. The third-order valence-electron chi connectivity index (χ3n) is 2.94. The van der Waals surface area contributed by atoms with E-state index in [9.17, 15) is 9.18 Å².